The third kappa shape index (κ3) is 4.20. The number of furan rings is 1. The van der Waals surface area contributed by atoms with Crippen LogP contribution in [0.3, 0.4) is 0 Å². The highest BCUT2D eigenvalue weighted by Crippen LogP contribution is 2.38. The van der Waals surface area contributed by atoms with Crippen LogP contribution in [0.25, 0.3) is 27.7 Å². The molecule has 0 unspecified atom stereocenters. The maximum Gasteiger partial charge on any atom is 0.248 e. The minimum Gasteiger partial charge on any atom is -0.493 e. The lowest BCUT2D eigenvalue weighted by molar-refractivity contribution is -0.111. The molecule has 6 nitrogen and oxygen atoms in total. The highest BCUT2D eigenvalue weighted by atomic mass is 19.1. The van der Waals surface area contributed by atoms with Gasteiger partial charge in [-0.1, -0.05) is 12.1 Å². The van der Waals surface area contributed by atoms with E-state index in [1.165, 1.54) is 18.2 Å². The van der Waals surface area contributed by atoms with Gasteiger partial charge in [0.2, 0.25) is 12.7 Å². The smallest absolute Gasteiger partial charge is 0.248 e. The number of carbonyl (C=O) groups is 1. The van der Waals surface area contributed by atoms with Gasteiger partial charge in [-0.2, -0.15) is 0 Å². The number of hydrogen-bond acceptors (Lipinski definition) is 5. The molecule has 2 heterocycles. The largest absolute Gasteiger partial charge is 0.493 e. The minimum absolute atomic E-state index is 0.169. The van der Waals surface area contributed by atoms with Crippen LogP contribution >= 0.6 is 0 Å². The fourth-order valence-corrected chi connectivity index (χ4v) is 3.92. The Morgan fingerprint density at radius 2 is 1.88 bits per heavy atom. The second-order valence-electron chi connectivity index (χ2n) is 7.82. The molecule has 0 radical (unpaired) electrons. The lowest BCUT2D eigenvalue weighted by atomic mass is 9.99. The van der Waals surface area contributed by atoms with Crippen molar-refractivity contribution in [3.63, 3.8) is 0 Å². The maximum atomic E-state index is 13.4. The molecule has 1 aliphatic heterocycles. The summed E-state index contributed by atoms with van der Waals surface area (Å²) in [5.41, 5.74) is 4.39. The molecule has 0 aliphatic carbocycles. The van der Waals surface area contributed by atoms with Crippen LogP contribution < -0.4 is 19.5 Å². The normalized spacial score (nSPS) is 12.7. The average molecular weight is 459 g/mol. The molecule has 0 fully saturated rings. The molecule has 1 amide bonds. The molecule has 0 bridgehead atoms. The summed E-state index contributed by atoms with van der Waals surface area (Å²) in [6.07, 6.45) is 3.16. The Labute approximate surface area is 195 Å². The van der Waals surface area contributed by atoms with Crippen molar-refractivity contribution in [1.29, 1.82) is 0 Å². The number of fused-ring (bicyclic) bond motifs is 2. The van der Waals surface area contributed by atoms with Gasteiger partial charge in [-0.05, 0) is 55.3 Å². The number of hydrogen-bond donors (Lipinski definition) is 1. The molecular weight excluding hydrogens is 437 g/mol. The van der Waals surface area contributed by atoms with Crippen molar-refractivity contribution in [1.82, 2.24) is 0 Å². The first-order valence-electron chi connectivity index (χ1n) is 10.8. The Hall–Kier alpha value is -4.26. The number of nitrogens with one attached hydrogen (secondary N) is 1. The number of rotatable bonds is 6. The summed E-state index contributed by atoms with van der Waals surface area (Å²) in [6.45, 7) is 4.37. The van der Waals surface area contributed by atoms with Crippen LogP contribution in [-0.4, -0.2) is 19.3 Å². The number of amides is 1. The Balaban J connectivity index is 1.48. The first-order chi connectivity index (χ1) is 16.5. The van der Waals surface area contributed by atoms with Crippen LogP contribution in [0.1, 0.15) is 19.4 Å². The zero-order valence-electron chi connectivity index (χ0n) is 18.7. The zero-order chi connectivity index (χ0) is 23.7. The van der Waals surface area contributed by atoms with Crippen LogP contribution in [0.15, 0.2) is 71.4 Å². The molecule has 3 aromatic carbocycles. The Kier molecular flexibility index (Phi) is 5.67. The summed E-state index contributed by atoms with van der Waals surface area (Å²) >= 11 is 0. The molecular formula is C27H22FNO5. The monoisotopic (exact) mass is 459 g/mol. The second-order valence-corrected chi connectivity index (χ2v) is 7.82. The number of anilines is 1. The fourth-order valence-electron chi connectivity index (χ4n) is 3.92. The molecule has 172 valence electrons. The van der Waals surface area contributed by atoms with Gasteiger partial charge in [-0.25, -0.2) is 4.39 Å². The molecule has 0 spiro atoms. The molecule has 34 heavy (non-hydrogen) atoms. The van der Waals surface area contributed by atoms with E-state index in [9.17, 15) is 9.18 Å². The Bertz CT molecular complexity index is 1400. The highest BCUT2D eigenvalue weighted by molar-refractivity contribution is 6.05. The van der Waals surface area contributed by atoms with Gasteiger partial charge in [0.1, 0.15) is 17.1 Å². The number of halogens is 1. The molecule has 0 atom stereocenters. The van der Waals surface area contributed by atoms with Crippen molar-refractivity contribution < 1.29 is 27.8 Å². The standard InChI is InChI=1S/C27H22FNO5/c1-3-31-24-13-25-21(22(14-32-25)17-4-6-18(28)7-5-17)12-20(24)16(2)10-27(30)29-19-8-9-23-26(11-19)34-15-33-23/h4-14H,3,15H2,1-2H3,(H,29,30)/b16-10+. The maximum absolute atomic E-state index is 13.4. The highest BCUT2D eigenvalue weighted by Gasteiger charge is 2.17. The van der Waals surface area contributed by atoms with Crippen LogP contribution in [0.4, 0.5) is 10.1 Å². The number of ether oxygens (including phenoxy) is 3. The predicted octanol–water partition coefficient (Wildman–Crippen LogP) is 6.41. The molecule has 5 rings (SSSR count). The summed E-state index contributed by atoms with van der Waals surface area (Å²) in [6, 6.07) is 15.2. The van der Waals surface area contributed by atoms with E-state index in [0.29, 0.717) is 35.1 Å². The first-order valence-corrected chi connectivity index (χ1v) is 10.8. The van der Waals surface area contributed by atoms with E-state index in [1.54, 1.807) is 36.6 Å². The van der Waals surface area contributed by atoms with E-state index in [1.807, 2.05) is 26.0 Å². The van der Waals surface area contributed by atoms with Gasteiger partial charge in [-0.3, -0.25) is 4.79 Å². The molecule has 7 heteroatoms. The van der Waals surface area contributed by atoms with Crippen molar-refractivity contribution in [2.45, 2.75) is 13.8 Å². The van der Waals surface area contributed by atoms with Gasteiger partial charge in [-0.15, -0.1) is 0 Å². The van der Waals surface area contributed by atoms with E-state index in [-0.39, 0.29) is 18.5 Å². The average Bonchev–Trinajstić information content (AvgIpc) is 3.45. The Morgan fingerprint density at radius 3 is 2.68 bits per heavy atom. The number of carbonyl (C=O) groups excluding carboxylic acids is 1. The van der Waals surface area contributed by atoms with Crippen molar-refractivity contribution >= 4 is 28.1 Å². The topological polar surface area (TPSA) is 69.9 Å². The van der Waals surface area contributed by atoms with Gasteiger partial charge in [0, 0.05) is 40.4 Å². The Morgan fingerprint density at radius 1 is 1.09 bits per heavy atom. The summed E-state index contributed by atoms with van der Waals surface area (Å²) < 4.78 is 35.7. The van der Waals surface area contributed by atoms with Gasteiger partial charge in [0.15, 0.2) is 11.5 Å². The second kappa shape index (κ2) is 8.94. The number of benzene rings is 3. The molecule has 1 N–H and O–H groups in total. The van der Waals surface area contributed by atoms with Gasteiger partial charge < -0.3 is 23.9 Å². The first kappa shape index (κ1) is 21.6. The third-order valence-corrected chi connectivity index (χ3v) is 5.54. The van der Waals surface area contributed by atoms with E-state index in [0.717, 1.165) is 27.6 Å². The molecule has 4 aromatic rings. The van der Waals surface area contributed by atoms with Crippen LogP contribution in [0.2, 0.25) is 0 Å². The van der Waals surface area contributed by atoms with Crippen LogP contribution in [-0.2, 0) is 4.79 Å². The van der Waals surface area contributed by atoms with Crippen LogP contribution in [0, 0.1) is 5.82 Å². The zero-order valence-corrected chi connectivity index (χ0v) is 18.7. The lowest BCUT2D eigenvalue weighted by Crippen LogP contribution is -2.08. The minimum atomic E-state index is -0.303. The molecule has 0 saturated carbocycles. The third-order valence-electron chi connectivity index (χ3n) is 5.54. The van der Waals surface area contributed by atoms with Gasteiger partial charge in [0.25, 0.3) is 0 Å². The quantitative estimate of drug-likeness (QED) is 0.338. The SMILES string of the molecule is CCOc1cc2occ(-c3ccc(F)cc3)c2cc1/C(C)=C/C(=O)Nc1ccc2c(c1)OCO2. The van der Waals surface area contributed by atoms with Crippen molar-refractivity contribution in [2.24, 2.45) is 0 Å². The predicted molar refractivity (Wildman–Crippen MR) is 128 cm³/mol. The lowest BCUT2D eigenvalue weighted by Gasteiger charge is -2.12. The van der Waals surface area contributed by atoms with Crippen molar-refractivity contribution in [3.05, 3.63) is 78.3 Å². The summed E-state index contributed by atoms with van der Waals surface area (Å²) in [5.74, 6) is 1.26. The van der Waals surface area contributed by atoms with Gasteiger partial charge >= 0.3 is 0 Å². The van der Waals surface area contributed by atoms with E-state index in [2.05, 4.69) is 5.32 Å². The molecule has 1 aliphatic rings. The van der Waals surface area contributed by atoms with Crippen molar-refractivity contribution in [2.75, 3.05) is 18.7 Å². The summed E-state index contributed by atoms with van der Waals surface area (Å²) in [4.78, 5) is 12.7. The van der Waals surface area contributed by atoms with Crippen molar-refractivity contribution in [3.8, 4) is 28.4 Å². The fraction of sp³-hybridized carbons (Fsp3) is 0.148. The van der Waals surface area contributed by atoms with Crippen LogP contribution in [0.5, 0.6) is 17.2 Å². The number of allylic oxidation sites excluding steroid dienone is 1. The molecule has 0 saturated heterocycles. The van der Waals surface area contributed by atoms with E-state index < -0.39 is 0 Å². The summed E-state index contributed by atoms with van der Waals surface area (Å²) in [5, 5.41) is 3.69. The van der Waals surface area contributed by atoms with E-state index in [4.69, 9.17) is 18.6 Å². The molecule has 1 aromatic heterocycles. The van der Waals surface area contributed by atoms with E-state index >= 15 is 0 Å². The van der Waals surface area contributed by atoms with Gasteiger partial charge in [0.05, 0.1) is 12.9 Å². The summed E-state index contributed by atoms with van der Waals surface area (Å²) in [7, 11) is 0.